The second kappa shape index (κ2) is 5.12. The number of nitriles is 1. The summed E-state index contributed by atoms with van der Waals surface area (Å²) in [6.07, 6.45) is 6.31. The zero-order chi connectivity index (χ0) is 12.1. The molecule has 0 radical (unpaired) electrons. The monoisotopic (exact) mass is 227 g/mol. The van der Waals surface area contributed by atoms with Crippen molar-refractivity contribution in [2.24, 2.45) is 7.05 Å². The van der Waals surface area contributed by atoms with Gasteiger partial charge in [-0.25, -0.2) is 4.98 Å². The largest absolute Gasteiger partial charge is 0.382 e. The summed E-state index contributed by atoms with van der Waals surface area (Å²) in [5, 5.41) is 16.2. The molecule has 0 aliphatic heterocycles. The molecule has 0 unspecified atom stereocenters. The molecule has 2 heterocycles. The van der Waals surface area contributed by atoms with E-state index in [1.807, 2.05) is 31.6 Å². The average Bonchev–Trinajstić information content (AvgIpc) is 2.76. The normalized spacial score (nSPS) is 9.88. The zero-order valence-electron chi connectivity index (χ0n) is 9.59. The van der Waals surface area contributed by atoms with E-state index in [1.165, 1.54) is 5.56 Å². The number of nitrogens with one attached hydrogen (secondary N) is 1. The highest BCUT2D eigenvalue weighted by molar-refractivity contribution is 5.53. The molecule has 0 spiro atoms. The lowest BCUT2D eigenvalue weighted by atomic mass is 10.2. The Labute approximate surface area is 99.7 Å². The molecule has 2 aromatic heterocycles. The summed E-state index contributed by atoms with van der Waals surface area (Å²) in [6, 6.07) is 5.73. The first-order valence-electron chi connectivity index (χ1n) is 5.36. The van der Waals surface area contributed by atoms with Crippen LogP contribution in [-0.4, -0.2) is 21.3 Å². The Hall–Kier alpha value is -2.35. The fourth-order valence-electron chi connectivity index (χ4n) is 1.58. The van der Waals surface area contributed by atoms with Gasteiger partial charge in [0.25, 0.3) is 0 Å². The van der Waals surface area contributed by atoms with E-state index in [9.17, 15) is 0 Å². The van der Waals surface area contributed by atoms with Crippen LogP contribution in [0.25, 0.3) is 0 Å². The van der Waals surface area contributed by atoms with Crippen LogP contribution in [0.3, 0.4) is 0 Å². The molecular weight excluding hydrogens is 214 g/mol. The van der Waals surface area contributed by atoms with Gasteiger partial charge < -0.3 is 5.32 Å². The minimum atomic E-state index is 0.429. The van der Waals surface area contributed by atoms with Crippen molar-refractivity contribution in [2.75, 3.05) is 11.9 Å². The predicted molar refractivity (Wildman–Crippen MR) is 64.4 cm³/mol. The quantitative estimate of drug-likeness (QED) is 0.856. The molecule has 1 N–H and O–H groups in total. The van der Waals surface area contributed by atoms with Crippen molar-refractivity contribution in [1.82, 2.24) is 14.8 Å². The van der Waals surface area contributed by atoms with E-state index in [0.717, 1.165) is 18.7 Å². The molecule has 0 aliphatic rings. The van der Waals surface area contributed by atoms with Gasteiger partial charge in [-0.05, 0) is 24.1 Å². The first kappa shape index (κ1) is 11.1. The summed E-state index contributed by atoms with van der Waals surface area (Å²) in [4.78, 5) is 3.99. The van der Waals surface area contributed by atoms with Gasteiger partial charge in [-0.3, -0.25) is 4.68 Å². The third-order valence-electron chi connectivity index (χ3n) is 2.40. The Bertz CT molecular complexity index is 538. The molecule has 0 saturated carbocycles. The topological polar surface area (TPSA) is 66.5 Å². The third kappa shape index (κ3) is 2.82. The summed E-state index contributed by atoms with van der Waals surface area (Å²) < 4.78 is 1.78. The van der Waals surface area contributed by atoms with Gasteiger partial charge in [-0.2, -0.15) is 10.4 Å². The lowest BCUT2D eigenvalue weighted by Gasteiger charge is -2.05. The van der Waals surface area contributed by atoms with Gasteiger partial charge in [0, 0.05) is 26.0 Å². The molecule has 86 valence electrons. The van der Waals surface area contributed by atoms with Crippen LogP contribution in [0.5, 0.6) is 0 Å². The Morgan fingerprint density at radius 1 is 1.53 bits per heavy atom. The molecule has 2 aromatic rings. The molecule has 0 fully saturated rings. The Kier molecular flexibility index (Phi) is 3.36. The minimum Gasteiger partial charge on any atom is -0.382 e. The molecule has 5 nitrogen and oxygen atoms in total. The number of aromatic nitrogens is 3. The number of aryl methyl sites for hydroxylation is 1. The first-order chi connectivity index (χ1) is 8.29. The van der Waals surface area contributed by atoms with Crippen LogP contribution >= 0.6 is 0 Å². The van der Waals surface area contributed by atoms with Crippen LogP contribution in [0, 0.1) is 11.3 Å². The van der Waals surface area contributed by atoms with Crippen LogP contribution < -0.4 is 5.32 Å². The van der Waals surface area contributed by atoms with Crippen LogP contribution in [-0.2, 0) is 13.5 Å². The molecule has 0 aromatic carbocycles. The maximum Gasteiger partial charge on any atom is 0.163 e. The predicted octanol–water partition coefficient (Wildman–Crippen LogP) is 1.34. The maximum absolute atomic E-state index is 8.87. The number of nitrogens with zero attached hydrogens (tertiary/aromatic N) is 4. The maximum atomic E-state index is 8.87. The van der Waals surface area contributed by atoms with Gasteiger partial charge in [-0.15, -0.1) is 0 Å². The summed E-state index contributed by atoms with van der Waals surface area (Å²) in [6.45, 7) is 0.756. The molecule has 0 bridgehead atoms. The molecule has 17 heavy (non-hydrogen) atoms. The summed E-state index contributed by atoms with van der Waals surface area (Å²) in [5.41, 5.74) is 2.37. The van der Waals surface area contributed by atoms with E-state index in [2.05, 4.69) is 21.5 Å². The minimum absolute atomic E-state index is 0.429. The smallest absolute Gasteiger partial charge is 0.163 e. The summed E-state index contributed by atoms with van der Waals surface area (Å²) in [5.74, 6) is 0. The lowest BCUT2D eigenvalue weighted by molar-refractivity contribution is 0.767. The van der Waals surface area contributed by atoms with E-state index in [-0.39, 0.29) is 0 Å². The summed E-state index contributed by atoms with van der Waals surface area (Å²) >= 11 is 0. The molecule has 5 heteroatoms. The number of rotatable bonds is 4. The van der Waals surface area contributed by atoms with E-state index < -0.39 is 0 Å². The molecule has 0 aliphatic carbocycles. The van der Waals surface area contributed by atoms with Crippen LogP contribution in [0.4, 0.5) is 5.69 Å². The van der Waals surface area contributed by atoms with E-state index in [0.29, 0.717) is 5.69 Å². The van der Waals surface area contributed by atoms with Crippen molar-refractivity contribution in [1.29, 1.82) is 5.26 Å². The second-order valence-electron chi connectivity index (χ2n) is 3.71. The van der Waals surface area contributed by atoms with Gasteiger partial charge in [0.2, 0.25) is 0 Å². The standard InChI is InChI=1S/C12H13N5/c1-17-9-10(8-16-17)4-6-15-11-3-2-5-14-12(11)7-13/h2-3,5,8-9,15H,4,6H2,1H3. The Morgan fingerprint density at radius 3 is 3.12 bits per heavy atom. The van der Waals surface area contributed by atoms with Crippen molar-refractivity contribution in [2.45, 2.75) is 6.42 Å². The number of hydrogen-bond acceptors (Lipinski definition) is 4. The molecular formula is C12H13N5. The van der Waals surface area contributed by atoms with Gasteiger partial charge in [0.05, 0.1) is 11.9 Å². The highest BCUT2D eigenvalue weighted by Crippen LogP contribution is 2.10. The van der Waals surface area contributed by atoms with Crippen molar-refractivity contribution in [3.63, 3.8) is 0 Å². The van der Waals surface area contributed by atoms with Gasteiger partial charge >= 0.3 is 0 Å². The van der Waals surface area contributed by atoms with Crippen molar-refractivity contribution >= 4 is 5.69 Å². The summed E-state index contributed by atoms with van der Waals surface area (Å²) in [7, 11) is 1.89. The SMILES string of the molecule is Cn1cc(CCNc2cccnc2C#N)cn1. The van der Waals surface area contributed by atoms with E-state index in [1.54, 1.807) is 10.9 Å². The van der Waals surface area contributed by atoms with Crippen LogP contribution in [0.1, 0.15) is 11.3 Å². The Balaban J connectivity index is 1.92. The van der Waals surface area contributed by atoms with Crippen LogP contribution in [0.2, 0.25) is 0 Å². The van der Waals surface area contributed by atoms with Gasteiger partial charge in [0.1, 0.15) is 6.07 Å². The second-order valence-corrected chi connectivity index (χ2v) is 3.71. The number of pyridine rings is 1. The fourth-order valence-corrected chi connectivity index (χ4v) is 1.58. The van der Waals surface area contributed by atoms with E-state index >= 15 is 0 Å². The number of hydrogen-bond donors (Lipinski definition) is 1. The van der Waals surface area contributed by atoms with Crippen LogP contribution in [0.15, 0.2) is 30.7 Å². The Morgan fingerprint density at radius 2 is 2.41 bits per heavy atom. The molecule has 0 atom stereocenters. The fraction of sp³-hybridized carbons (Fsp3) is 0.250. The molecule has 0 saturated heterocycles. The molecule has 2 rings (SSSR count). The van der Waals surface area contributed by atoms with E-state index in [4.69, 9.17) is 5.26 Å². The van der Waals surface area contributed by atoms with Crippen molar-refractivity contribution in [3.8, 4) is 6.07 Å². The zero-order valence-corrected chi connectivity index (χ0v) is 9.59. The number of anilines is 1. The average molecular weight is 227 g/mol. The van der Waals surface area contributed by atoms with Gasteiger partial charge in [0.15, 0.2) is 5.69 Å². The third-order valence-corrected chi connectivity index (χ3v) is 2.40. The van der Waals surface area contributed by atoms with Gasteiger partial charge in [-0.1, -0.05) is 0 Å². The first-order valence-corrected chi connectivity index (χ1v) is 5.36. The highest BCUT2D eigenvalue weighted by atomic mass is 15.2. The molecule has 0 amide bonds. The lowest BCUT2D eigenvalue weighted by Crippen LogP contribution is -2.06. The van der Waals surface area contributed by atoms with Crippen molar-refractivity contribution < 1.29 is 0 Å². The highest BCUT2D eigenvalue weighted by Gasteiger charge is 2.01. The van der Waals surface area contributed by atoms with Crippen molar-refractivity contribution in [3.05, 3.63) is 42.0 Å².